The van der Waals surface area contributed by atoms with Crippen LogP contribution in [0.3, 0.4) is 0 Å². The molecule has 2 atom stereocenters. The zero-order valence-electron chi connectivity index (χ0n) is 21.8. The molecule has 0 spiro atoms. The van der Waals surface area contributed by atoms with Crippen LogP contribution in [0.1, 0.15) is 68.8 Å². The molecule has 1 heterocycles. The van der Waals surface area contributed by atoms with Crippen LogP contribution in [0.15, 0.2) is 109 Å². The lowest BCUT2D eigenvalue weighted by atomic mass is 9.88. The zero-order chi connectivity index (χ0) is 25.1. The monoisotopic (exact) mass is 472 g/mol. The molecule has 0 saturated heterocycles. The van der Waals surface area contributed by atoms with Crippen LogP contribution in [-0.4, -0.2) is 0 Å². The molecule has 182 valence electrons. The zero-order valence-corrected chi connectivity index (χ0v) is 21.8. The van der Waals surface area contributed by atoms with Crippen LogP contribution >= 0.6 is 0 Å². The van der Waals surface area contributed by atoms with Crippen LogP contribution in [0.4, 0.5) is 5.69 Å². The minimum absolute atomic E-state index is 0.0324. The van der Waals surface area contributed by atoms with E-state index in [1.165, 1.54) is 44.6 Å². The maximum Gasteiger partial charge on any atom is 0.129 e. The van der Waals surface area contributed by atoms with Crippen molar-refractivity contribution in [1.29, 1.82) is 0 Å². The highest BCUT2D eigenvalue weighted by atomic mass is 15.3. The standard InChI is InChI=1S/C34H36N2/c1-5-25(4)29-18-12-13-19-30(29)34-35-20-21-36(34)33-31(26-14-8-6-9-15-26)22-28(24(2)3)23-32(33)27-16-10-7-11-17-27/h6-25,34-35H,5H2,1-4H3. The summed E-state index contributed by atoms with van der Waals surface area (Å²) in [4.78, 5) is 2.44. The fraction of sp³-hybridized carbons (Fsp3) is 0.235. The maximum absolute atomic E-state index is 3.68. The highest BCUT2D eigenvalue weighted by molar-refractivity contribution is 5.93. The van der Waals surface area contributed by atoms with Crippen LogP contribution in [0.2, 0.25) is 0 Å². The molecule has 2 nitrogen and oxygen atoms in total. The first-order valence-corrected chi connectivity index (χ1v) is 13.2. The van der Waals surface area contributed by atoms with Gasteiger partial charge in [0.15, 0.2) is 0 Å². The maximum atomic E-state index is 3.68. The van der Waals surface area contributed by atoms with Crippen molar-refractivity contribution in [2.75, 3.05) is 4.90 Å². The molecule has 0 fully saturated rings. The van der Waals surface area contributed by atoms with Crippen molar-refractivity contribution in [2.24, 2.45) is 0 Å². The lowest BCUT2D eigenvalue weighted by Crippen LogP contribution is -2.29. The number of benzene rings is 4. The summed E-state index contributed by atoms with van der Waals surface area (Å²) in [6.45, 7) is 9.15. The average molecular weight is 473 g/mol. The first-order chi connectivity index (χ1) is 17.6. The quantitative estimate of drug-likeness (QED) is 0.288. The highest BCUT2D eigenvalue weighted by Gasteiger charge is 2.30. The van der Waals surface area contributed by atoms with Gasteiger partial charge in [-0.1, -0.05) is 113 Å². The van der Waals surface area contributed by atoms with Gasteiger partial charge >= 0.3 is 0 Å². The smallest absolute Gasteiger partial charge is 0.129 e. The molecular weight excluding hydrogens is 436 g/mol. The normalized spacial score (nSPS) is 15.8. The van der Waals surface area contributed by atoms with Crippen LogP contribution < -0.4 is 10.2 Å². The summed E-state index contributed by atoms with van der Waals surface area (Å²) >= 11 is 0. The van der Waals surface area contributed by atoms with E-state index in [2.05, 4.69) is 147 Å². The molecule has 0 amide bonds. The minimum atomic E-state index is 0.0324. The Morgan fingerprint density at radius 1 is 0.750 bits per heavy atom. The van der Waals surface area contributed by atoms with E-state index in [9.17, 15) is 0 Å². The highest BCUT2D eigenvalue weighted by Crippen LogP contribution is 2.46. The molecule has 4 aromatic rings. The number of nitrogens with one attached hydrogen (secondary N) is 1. The fourth-order valence-electron chi connectivity index (χ4n) is 5.20. The van der Waals surface area contributed by atoms with Gasteiger partial charge in [-0.25, -0.2) is 0 Å². The second kappa shape index (κ2) is 10.5. The number of anilines is 1. The van der Waals surface area contributed by atoms with Crippen molar-refractivity contribution in [3.63, 3.8) is 0 Å². The van der Waals surface area contributed by atoms with Crippen molar-refractivity contribution in [2.45, 2.75) is 52.1 Å². The summed E-state index contributed by atoms with van der Waals surface area (Å²) in [7, 11) is 0. The lowest BCUT2D eigenvalue weighted by molar-refractivity contribution is 0.637. The third-order valence-electron chi connectivity index (χ3n) is 7.43. The first kappa shape index (κ1) is 23.9. The summed E-state index contributed by atoms with van der Waals surface area (Å²) in [5.41, 5.74) is 10.3. The molecule has 4 aromatic carbocycles. The van der Waals surface area contributed by atoms with Crippen molar-refractivity contribution in [3.8, 4) is 22.3 Å². The van der Waals surface area contributed by atoms with Crippen LogP contribution in [0.5, 0.6) is 0 Å². The van der Waals surface area contributed by atoms with Gasteiger partial charge in [-0.05, 0) is 58.2 Å². The Balaban J connectivity index is 1.77. The molecular formula is C34H36N2. The lowest BCUT2D eigenvalue weighted by Gasteiger charge is -2.33. The number of hydrogen-bond acceptors (Lipinski definition) is 2. The Bertz CT molecular complexity index is 1280. The van der Waals surface area contributed by atoms with Crippen LogP contribution in [-0.2, 0) is 0 Å². The Labute approximate surface area is 216 Å². The molecule has 5 rings (SSSR count). The van der Waals surface area contributed by atoms with E-state index in [0.29, 0.717) is 11.8 Å². The summed E-state index contributed by atoms with van der Waals surface area (Å²) in [5, 5.41) is 3.68. The van der Waals surface area contributed by atoms with E-state index in [0.717, 1.165) is 6.42 Å². The van der Waals surface area contributed by atoms with Gasteiger partial charge in [0, 0.05) is 23.5 Å². The summed E-state index contributed by atoms with van der Waals surface area (Å²) < 4.78 is 0. The second-order valence-electron chi connectivity index (χ2n) is 10.1. The topological polar surface area (TPSA) is 15.3 Å². The molecule has 36 heavy (non-hydrogen) atoms. The van der Waals surface area contributed by atoms with Gasteiger partial charge in [0.25, 0.3) is 0 Å². The van der Waals surface area contributed by atoms with Gasteiger partial charge in [0.1, 0.15) is 6.17 Å². The Kier molecular flexibility index (Phi) is 6.95. The van der Waals surface area contributed by atoms with Gasteiger partial charge < -0.3 is 10.2 Å². The van der Waals surface area contributed by atoms with Crippen molar-refractivity contribution in [3.05, 3.63) is 126 Å². The SMILES string of the molecule is CCC(C)c1ccccc1C1NC=CN1c1c(-c2ccccc2)cc(C(C)C)cc1-c1ccccc1. The van der Waals surface area contributed by atoms with E-state index in [4.69, 9.17) is 0 Å². The van der Waals surface area contributed by atoms with Gasteiger partial charge in [-0.3, -0.25) is 0 Å². The molecule has 0 saturated carbocycles. The number of nitrogens with zero attached hydrogens (tertiary/aromatic N) is 1. The molecule has 2 unspecified atom stereocenters. The number of hydrogen-bond donors (Lipinski definition) is 1. The Morgan fingerprint density at radius 2 is 1.31 bits per heavy atom. The molecule has 0 bridgehead atoms. The fourth-order valence-corrected chi connectivity index (χ4v) is 5.20. The van der Waals surface area contributed by atoms with E-state index < -0.39 is 0 Å². The van der Waals surface area contributed by atoms with E-state index in [1.807, 2.05) is 0 Å². The molecule has 0 aliphatic carbocycles. The van der Waals surface area contributed by atoms with Gasteiger partial charge in [0.2, 0.25) is 0 Å². The van der Waals surface area contributed by atoms with Crippen LogP contribution in [0.25, 0.3) is 22.3 Å². The third kappa shape index (κ3) is 4.56. The van der Waals surface area contributed by atoms with E-state index in [1.54, 1.807) is 0 Å². The molecule has 1 aliphatic heterocycles. The van der Waals surface area contributed by atoms with E-state index in [-0.39, 0.29) is 6.17 Å². The third-order valence-corrected chi connectivity index (χ3v) is 7.43. The van der Waals surface area contributed by atoms with Crippen molar-refractivity contribution < 1.29 is 0 Å². The summed E-state index contributed by atoms with van der Waals surface area (Å²) in [5.74, 6) is 0.925. The predicted octanol–water partition coefficient (Wildman–Crippen LogP) is 9.24. The van der Waals surface area contributed by atoms with Gasteiger partial charge in [0.05, 0.1) is 5.69 Å². The second-order valence-corrected chi connectivity index (χ2v) is 10.1. The molecule has 1 N–H and O–H groups in total. The molecule has 0 radical (unpaired) electrons. The minimum Gasteiger partial charge on any atom is -0.366 e. The Morgan fingerprint density at radius 3 is 1.86 bits per heavy atom. The average Bonchev–Trinajstić information content (AvgIpc) is 3.42. The summed E-state index contributed by atoms with van der Waals surface area (Å²) in [6, 6.07) is 35.3. The van der Waals surface area contributed by atoms with Crippen molar-refractivity contribution in [1.82, 2.24) is 5.32 Å². The molecule has 1 aliphatic rings. The van der Waals surface area contributed by atoms with Crippen LogP contribution in [0, 0.1) is 0 Å². The Hall–Kier alpha value is -3.78. The first-order valence-electron chi connectivity index (χ1n) is 13.2. The van der Waals surface area contributed by atoms with Gasteiger partial charge in [-0.2, -0.15) is 0 Å². The molecule has 2 heteroatoms. The van der Waals surface area contributed by atoms with Gasteiger partial charge in [-0.15, -0.1) is 0 Å². The largest absolute Gasteiger partial charge is 0.366 e. The predicted molar refractivity (Wildman–Crippen MR) is 154 cm³/mol. The number of rotatable bonds is 7. The molecule has 0 aromatic heterocycles. The van der Waals surface area contributed by atoms with E-state index >= 15 is 0 Å². The van der Waals surface area contributed by atoms with Crippen molar-refractivity contribution >= 4 is 5.69 Å². The summed E-state index contributed by atoms with van der Waals surface area (Å²) in [6.07, 6.45) is 5.45.